The van der Waals surface area contributed by atoms with Crippen molar-refractivity contribution in [3.8, 4) is 0 Å². The van der Waals surface area contributed by atoms with E-state index in [4.69, 9.17) is 9.47 Å². The molecular formula is C15H17N3O6. The van der Waals surface area contributed by atoms with Crippen LogP contribution in [0.2, 0.25) is 0 Å². The maximum absolute atomic E-state index is 12.3. The molecule has 128 valence electrons. The Kier molecular flexibility index (Phi) is 5.48. The van der Waals surface area contributed by atoms with Crippen molar-refractivity contribution in [3.63, 3.8) is 0 Å². The number of nitro benzene ring substituents is 1. The van der Waals surface area contributed by atoms with Crippen LogP contribution in [0.15, 0.2) is 35.5 Å². The molecule has 1 heterocycles. The molecule has 0 bridgehead atoms. The van der Waals surface area contributed by atoms with Crippen molar-refractivity contribution in [3.05, 3.63) is 51.2 Å². The largest absolute Gasteiger partial charge is 0.460 e. The van der Waals surface area contributed by atoms with Gasteiger partial charge in [-0.2, -0.15) is 0 Å². The summed E-state index contributed by atoms with van der Waals surface area (Å²) in [6.07, 6.45) is 0. The molecule has 9 nitrogen and oxygen atoms in total. The Morgan fingerprint density at radius 2 is 1.96 bits per heavy atom. The number of carbonyl (C=O) groups excluding carboxylic acids is 2. The first-order valence-electron chi connectivity index (χ1n) is 7.12. The molecule has 1 atom stereocenters. The lowest BCUT2D eigenvalue weighted by atomic mass is 9.95. The third kappa shape index (κ3) is 3.87. The van der Waals surface area contributed by atoms with E-state index in [1.807, 2.05) is 0 Å². The number of ether oxygens (including phenoxy) is 2. The molecule has 24 heavy (non-hydrogen) atoms. The number of nitro groups is 1. The summed E-state index contributed by atoms with van der Waals surface area (Å²) in [5.74, 6) is -0.597. The summed E-state index contributed by atoms with van der Waals surface area (Å²) < 4.78 is 9.95. The quantitative estimate of drug-likeness (QED) is 0.351. The minimum Gasteiger partial charge on any atom is -0.460 e. The van der Waals surface area contributed by atoms with Crippen molar-refractivity contribution in [1.29, 1.82) is 0 Å². The zero-order chi connectivity index (χ0) is 17.7. The number of nitrogens with one attached hydrogen (secondary N) is 2. The first kappa shape index (κ1) is 17.4. The van der Waals surface area contributed by atoms with Gasteiger partial charge in [-0.05, 0) is 24.6 Å². The molecule has 1 unspecified atom stereocenters. The SMILES string of the molecule is COCCOC(=O)C1=C(C)NC(=O)NC1c1ccc([N+](=O)[O-])cc1. The van der Waals surface area contributed by atoms with E-state index in [1.165, 1.54) is 31.4 Å². The summed E-state index contributed by atoms with van der Waals surface area (Å²) in [4.78, 5) is 34.3. The maximum atomic E-state index is 12.3. The van der Waals surface area contributed by atoms with Gasteiger partial charge in [0.05, 0.1) is 23.1 Å². The highest BCUT2D eigenvalue weighted by Gasteiger charge is 2.32. The van der Waals surface area contributed by atoms with Gasteiger partial charge < -0.3 is 20.1 Å². The zero-order valence-corrected chi connectivity index (χ0v) is 13.2. The van der Waals surface area contributed by atoms with E-state index in [0.717, 1.165) is 0 Å². The lowest BCUT2D eigenvalue weighted by Crippen LogP contribution is -2.45. The molecule has 1 aliphatic heterocycles. The average Bonchev–Trinajstić information content (AvgIpc) is 2.54. The molecule has 2 N–H and O–H groups in total. The first-order valence-corrected chi connectivity index (χ1v) is 7.12. The van der Waals surface area contributed by atoms with Gasteiger partial charge in [0.2, 0.25) is 0 Å². The Bertz CT molecular complexity index is 683. The fraction of sp³-hybridized carbons (Fsp3) is 0.333. The second-order valence-corrected chi connectivity index (χ2v) is 5.05. The number of rotatable bonds is 6. The topological polar surface area (TPSA) is 120 Å². The van der Waals surface area contributed by atoms with Crippen molar-refractivity contribution in [1.82, 2.24) is 10.6 Å². The Morgan fingerprint density at radius 3 is 2.54 bits per heavy atom. The van der Waals surface area contributed by atoms with Crippen LogP contribution in [0.1, 0.15) is 18.5 Å². The van der Waals surface area contributed by atoms with Gasteiger partial charge in [-0.3, -0.25) is 10.1 Å². The molecule has 0 fully saturated rings. The molecule has 1 aromatic rings. The molecule has 0 spiro atoms. The number of methoxy groups -OCH3 is 1. The number of benzene rings is 1. The zero-order valence-electron chi connectivity index (χ0n) is 13.2. The van der Waals surface area contributed by atoms with Gasteiger partial charge >= 0.3 is 12.0 Å². The number of nitrogens with zero attached hydrogens (tertiary/aromatic N) is 1. The van der Waals surface area contributed by atoms with Crippen LogP contribution in [0, 0.1) is 10.1 Å². The fourth-order valence-electron chi connectivity index (χ4n) is 2.30. The molecular weight excluding hydrogens is 318 g/mol. The standard InChI is InChI=1S/C15H17N3O6/c1-9-12(14(19)24-8-7-23-2)13(17-15(20)16-9)10-3-5-11(6-4-10)18(21)22/h3-6,13H,7-8H2,1-2H3,(H2,16,17,20). The van der Waals surface area contributed by atoms with E-state index in [0.29, 0.717) is 11.3 Å². The third-order valence-electron chi connectivity index (χ3n) is 3.45. The summed E-state index contributed by atoms with van der Waals surface area (Å²) in [5.41, 5.74) is 1.06. The average molecular weight is 335 g/mol. The van der Waals surface area contributed by atoms with Crippen LogP contribution in [0.4, 0.5) is 10.5 Å². The number of non-ortho nitro benzene ring substituents is 1. The van der Waals surface area contributed by atoms with E-state index in [1.54, 1.807) is 6.92 Å². The minimum atomic E-state index is -0.755. The summed E-state index contributed by atoms with van der Waals surface area (Å²) in [6.45, 7) is 1.91. The highest BCUT2D eigenvalue weighted by Crippen LogP contribution is 2.28. The number of allylic oxidation sites excluding steroid dienone is 1. The summed E-state index contributed by atoms with van der Waals surface area (Å²) in [5, 5.41) is 15.9. The predicted octanol–water partition coefficient (Wildman–Crippen LogP) is 1.41. The maximum Gasteiger partial charge on any atom is 0.338 e. The fourth-order valence-corrected chi connectivity index (χ4v) is 2.30. The summed E-state index contributed by atoms with van der Waals surface area (Å²) >= 11 is 0. The minimum absolute atomic E-state index is 0.0764. The van der Waals surface area contributed by atoms with Crippen LogP contribution in [-0.2, 0) is 14.3 Å². The van der Waals surface area contributed by atoms with Crippen LogP contribution in [0.3, 0.4) is 0 Å². The van der Waals surface area contributed by atoms with Crippen molar-refractivity contribution in [2.24, 2.45) is 0 Å². The molecule has 0 saturated carbocycles. The van der Waals surface area contributed by atoms with Gasteiger partial charge in [-0.1, -0.05) is 0 Å². The van der Waals surface area contributed by atoms with Crippen LogP contribution in [0.5, 0.6) is 0 Å². The summed E-state index contributed by atoms with van der Waals surface area (Å²) in [7, 11) is 1.49. The smallest absolute Gasteiger partial charge is 0.338 e. The highest BCUT2D eigenvalue weighted by molar-refractivity contribution is 5.95. The molecule has 1 aliphatic rings. The van der Waals surface area contributed by atoms with Gasteiger partial charge in [-0.15, -0.1) is 0 Å². The van der Waals surface area contributed by atoms with E-state index < -0.39 is 23.0 Å². The van der Waals surface area contributed by atoms with Crippen molar-refractivity contribution >= 4 is 17.7 Å². The number of amides is 2. The number of hydrogen-bond acceptors (Lipinski definition) is 6. The molecule has 0 aromatic heterocycles. The van der Waals surface area contributed by atoms with Gasteiger partial charge in [0.15, 0.2) is 0 Å². The highest BCUT2D eigenvalue weighted by atomic mass is 16.6. The van der Waals surface area contributed by atoms with Crippen LogP contribution in [-0.4, -0.2) is 37.2 Å². The molecule has 1 aromatic carbocycles. The van der Waals surface area contributed by atoms with Gasteiger partial charge in [0, 0.05) is 24.9 Å². The van der Waals surface area contributed by atoms with Crippen molar-refractivity contribution in [2.45, 2.75) is 13.0 Å². The number of urea groups is 1. The second-order valence-electron chi connectivity index (χ2n) is 5.05. The number of carbonyl (C=O) groups is 2. The van der Waals surface area contributed by atoms with E-state index in [2.05, 4.69) is 10.6 Å². The molecule has 0 aliphatic carbocycles. The molecule has 2 amide bonds. The van der Waals surface area contributed by atoms with Gasteiger partial charge in [0.1, 0.15) is 6.61 Å². The first-order chi connectivity index (χ1) is 11.4. The Labute approximate surface area is 137 Å². The van der Waals surface area contributed by atoms with Crippen molar-refractivity contribution < 1.29 is 24.0 Å². The predicted molar refractivity (Wildman–Crippen MR) is 83.0 cm³/mol. The molecule has 0 saturated heterocycles. The van der Waals surface area contributed by atoms with Crippen LogP contribution in [0.25, 0.3) is 0 Å². The molecule has 2 rings (SSSR count). The van der Waals surface area contributed by atoms with Gasteiger partial charge in [-0.25, -0.2) is 9.59 Å². The van der Waals surface area contributed by atoms with E-state index >= 15 is 0 Å². The third-order valence-corrected chi connectivity index (χ3v) is 3.45. The molecule has 9 heteroatoms. The Balaban J connectivity index is 2.30. The number of hydrogen-bond donors (Lipinski definition) is 2. The van der Waals surface area contributed by atoms with Gasteiger partial charge in [0.25, 0.3) is 5.69 Å². The van der Waals surface area contributed by atoms with E-state index in [-0.39, 0.29) is 24.5 Å². The monoisotopic (exact) mass is 335 g/mol. The second kappa shape index (κ2) is 7.55. The van der Waals surface area contributed by atoms with Crippen LogP contribution >= 0.6 is 0 Å². The molecule has 0 radical (unpaired) electrons. The number of esters is 1. The lowest BCUT2D eigenvalue weighted by Gasteiger charge is -2.28. The Morgan fingerprint density at radius 1 is 1.29 bits per heavy atom. The normalized spacial score (nSPS) is 17.1. The lowest BCUT2D eigenvalue weighted by molar-refractivity contribution is -0.384. The summed E-state index contributed by atoms with van der Waals surface area (Å²) in [6, 6.07) is 4.38. The van der Waals surface area contributed by atoms with E-state index in [9.17, 15) is 19.7 Å². The van der Waals surface area contributed by atoms with Crippen molar-refractivity contribution in [2.75, 3.05) is 20.3 Å². The Hall–Kier alpha value is -2.94. The van der Waals surface area contributed by atoms with Crippen LogP contribution < -0.4 is 10.6 Å².